The van der Waals surface area contributed by atoms with Gasteiger partial charge in [-0.15, -0.1) is 0 Å². The third-order valence-electron chi connectivity index (χ3n) is 5.23. The minimum atomic E-state index is -0.703. The van der Waals surface area contributed by atoms with Crippen LogP contribution in [0.4, 0.5) is 14.5 Å². The minimum absolute atomic E-state index is 0.0612. The second kappa shape index (κ2) is 6.29. The Morgan fingerprint density at radius 2 is 1.90 bits per heavy atom. The second-order valence-corrected chi connectivity index (χ2v) is 8.80. The summed E-state index contributed by atoms with van der Waals surface area (Å²) in [4.78, 5) is 0. The smallest absolute Gasteiger partial charge is 0.171 e. The highest BCUT2D eigenvalue weighted by molar-refractivity contribution is 7.08. The molecule has 0 fully saturated rings. The van der Waals surface area contributed by atoms with Crippen LogP contribution in [-0.2, 0) is 0 Å². The van der Waals surface area contributed by atoms with Crippen molar-refractivity contribution in [3.05, 3.63) is 75.5 Å². The number of halogens is 2. The monoisotopic (exact) mass is 407 g/mol. The van der Waals surface area contributed by atoms with Crippen LogP contribution in [0.5, 0.6) is 5.75 Å². The molecule has 0 atom stereocenters. The van der Waals surface area contributed by atoms with Crippen LogP contribution < -0.4 is 10.1 Å². The molecule has 0 amide bonds. The van der Waals surface area contributed by atoms with Gasteiger partial charge in [0.1, 0.15) is 11.6 Å². The summed E-state index contributed by atoms with van der Waals surface area (Å²) in [6.45, 7) is 6.28. The van der Waals surface area contributed by atoms with Gasteiger partial charge in [-0.25, -0.2) is 8.78 Å². The van der Waals surface area contributed by atoms with Crippen molar-refractivity contribution >= 4 is 34.4 Å². The Balaban J connectivity index is 1.84. The molecule has 0 saturated carbocycles. The molecule has 0 bridgehead atoms. The molecule has 0 spiro atoms. The summed E-state index contributed by atoms with van der Waals surface area (Å²) in [5, 5.41) is 7.53. The molecule has 3 aromatic rings. The first-order valence-corrected chi connectivity index (χ1v) is 10.3. The molecule has 2 aromatic carbocycles. The first-order chi connectivity index (χ1) is 13.8. The van der Waals surface area contributed by atoms with Crippen molar-refractivity contribution in [2.45, 2.75) is 26.3 Å². The summed E-state index contributed by atoms with van der Waals surface area (Å²) in [7, 11) is 0. The summed E-state index contributed by atoms with van der Waals surface area (Å²) in [6.07, 6.45) is 4.08. The SMILES string of the molecule is CC1=CC(C)(C)Nc2ccc3c(c21)C(=Cc1ccsc1)Oc1c(F)cc(F)cc1-3. The third-order valence-corrected chi connectivity index (χ3v) is 5.93. The van der Waals surface area contributed by atoms with E-state index in [1.807, 2.05) is 35.0 Å². The summed E-state index contributed by atoms with van der Waals surface area (Å²) in [5.41, 5.74) is 5.91. The first kappa shape index (κ1) is 18.1. The average Bonchev–Trinajstić information content (AvgIpc) is 3.14. The van der Waals surface area contributed by atoms with E-state index in [1.54, 1.807) is 11.3 Å². The molecule has 5 rings (SSSR count). The Morgan fingerprint density at radius 3 is 2.66 bits per heavy atom. The predicted molar refractivity (Wildman–Crippen MR) is 116 cm³/mol. The zero-order valence-corrected chi connectivity index (χ0v) is 17.1. The van der Waals surface area contributed by atoms with Gasteiger partial charge in [-0.05, 0) is 72.5 Å². The number of hydrogen-bond donors (Lipinski definition) is 1. The van der Waals surface area contributed by atoms with Gasteiger partial charge in [-0.3, -0.25) is 0 Å². The van der Waals surface area contributed by atoms with Gasteiger partial charge in [0.05, 0.1) is 5.54 Å². The molecular weight excluding hydrogens is 388 g/mol. The molecule has 1 N–H and O–H groups in total. The van der Waals surface area contributed by atoms with Gasteiger partial charge in [-0.2, -0.15) is 11.3 Å². The Hall–Kier alpha value is -2.92. The molecule has 3 heterocycles. The molecule has 0 unspecified atom stereocenters. The predicted octanol–water partition coefficient (Wildman–Crippen LogP) is 7.19. The number of rotatable bonds is 1. The fourth-order valence-corrected chi connectivity index (χ4v) is 4.85. The molecule has 29 heavy (non-hydrogen) atoms. The van der Waals surface area contributed by atoms with E-state index in [0.717, 1.165) is 39.6 Å². The zero-order chi connectivity index (χ0) is 20.3. The van der Waals surface area contributed by atoms with E-state index in [0.29, 0.717) is 11.3 Å². The average molecular weight is 407 g/mol. The normalized spacial score (nSPS) is 17.6. The van der Waals surface area contributed by atoms with E-state index >= 15 is 0 Å². The molecule has 2 nitrogen and oxygen atoms in total. The zero-order valence-electron chi connectivity index (χ0n) is 16.3. The van der Waals surface area contributed by atoms with Crippen LogP contribution in [0.3, 0.4) is 0 Å². The molecule has 0 aliphatic carbocycles. The fraction of sp³-hybridized carbons (Fsp3) is 0.167. The van der Waals surface area contributed by atoms with Crippen molar-refractivity contribution < 1.29 is 13.5 Å². The van der Waals surface area contributed by atoms with E-state index in [9.17, 15) is 8.78 Å². The molecule has 1 aromatic heterocycles. The Bertz CT molecular complexity index is 1210. The number of allylic oxidation sites excluding steroid dienone is 1. The van der Waals surface area contributed by atoms with Gasteiger partial charge in [-0.1, -0.05) is 12.1 Å². The molecule has 2 aliphatic heterocycles. The van der Waals surface area contributed by atoms with Gasteiger partial charge in [0.2, 0.25) is 0 Å². The second-order valence-electron chi connectivity index (χ2n) is 8.02. The van der Waals surface area contributed by atoms with E-state index in [-0.39, 0.29) is 11.3 Å². The lowest BCUT2D eigenvalue weighted by molar-refractivity contribution is 0.460. The maximum atomic E-state index is 14.6. The molecule has 2 aliphatic rings. The van der Waals surface area contributed by atoms with Crippen molar-refractivity contribution in [1.29, 1.82) is 0 Å². The third kappa shape index (κ3) is 2.97. The number of nitrogens with one attached hydrogen (secondary N) is 1. The lowest BCUT2D eigenvalue weighted by Gasteiger charge is -2.35. The lowest BCUT2D eigenvalue weighted by atomic mass is 9.83. The lowest BCUT2D eigenvalue weighted by Crippen LogP contribution is -2.32. The maximum Gasteiger partial charge on any atom is 0.171 e. The van der Waals surface area contributed by atoms with E-state index < -0.39 is 11.6 Å². The van der Waals surface area contributed by atoms with Crippen LogP contribution in [0, 0.1) is 11.6 Å². The van der Waals surface area contributed by atoms with Crippen molar-refractivity contribution in [3.63, 3.8) is 0 Å². The quantitative estimate of drug-likeness (QED) is 0.461. The summed E-state index contributed by atoms with van der Waals surface area (Å²) in [6, 6.07) is 8.07. The molecule has 146 valence electrons. The summed E-state index contributed by atoms with van der Waals surface area (Å²) in [5.74, 6) is -0.704. The number of fused-ring (bicyclic) bond motifs is 5. The number of thiophene rings is 1. The minimum Gasteiger partial charge on any atom is -0.453 e. The maximum absolute atomic E-state index is 14.6. The van der Waals surface area contributed by atoms with Crippen LogP contribution >= 0.6 is 11.3 Å². The van der Waals surface area contributed by atoms with Gasteiger partial charge >= 0.3 is 0 Å². The van der Waals surface area contributed by atoms with Gasteiger partial charge < -0.3 is 10.1 Å². The molecule has 5 heteroatoms. The topological polar surface area (TPSA) is 21.3 Å². The number of hydrogen-bond acceptors (Lipinski definition) is 3. The van der Waals surface area contributed by atoms with Crippen molar-refractivity contribution in [2.75, 3.05) is 5.32 Å². The van der Waals surface area contributed by atoms with E-state index in [1.165, 1.54) is 6.07 Å². The Kier molecular flexibility index (Phi) is 3.93. The van der Waals surface area contributed by atoms with Crippen molar-refractivity contribution in [2.24, 2.45) is 0 Å². The highest BCUT2D eigenvalue weighted by Crippen LogP contribution is 2.50. The number of benzene rings is 2. The van der Waals surface area contributed by atoms with Crippen LogP contribution in [0.15, 0.2) is 47.2 Å². The van der Waals surface area contributed by atoms with Crippen molar-refractivity contribution in [1.82, 2.24) is 0 Å². The summed E-state index contributed by atoms with van der Waals surface area (Å²) >= 11 is 1.58. The van der Waals surface area contributed by atoms with Crippen LogP contribution in [0.25, 0.3) is 28.5 Å². The molecular formula is C24H19F2NOS. The standard InChI is InChI=1S/C24H19F2NOS/c1-13-11-24(2,3)27-19-5-4-16-17-9-15(25)10-18(26)23(17)28-20(22(16)21(13)19)8-14-6-7-29-12-14/h4-12,27H,1-3H3. The Labute approximate surface area is 172 Å². The van der Waals surface area contributed by atoms with Crippen LogP contribution in [-0.4, -0.2) is 5.54 Å². The number of ether oxygens (including phenoxy) is 1. The highest BCUT2D eigenvalue weighted by atomic mass is 32.1. The molecule has 0 saturated heterocycles. The first-order valence-electron chi connectivity index (χ1n) is 9.39. The van der Waals surface area contributed by atoms with Gasteiger partial charge in [0, 0.05) is 28.4 Å². The van der Waals surface area contributed by atoms with Crippen molar-refractivity contribution in [3.8, 4) is 16.9 Å². The van der Waals surface area contributed by atoms with Gasteiger partial charge in [0.15, 0.2) is 11.6 Å². The van der Waals surface area contributed by atoms with Gasteiger partial charge in [0.25, 0.3) is 0 Å². The van der Waals surface area contributed by atoms with Crippen LogP contribution in [0.1, 0.15) is 37.5 Å². The molecule has 0 radical (unpaired) electrons. The largest absolute Gasteiger partial charge is 0.453 e. The van der Waals surface area contributed by atoms with E-state index in [2.05, 4.69) is 32.2 Å². The number of anilines is 1. The van der Waals surface area contributed by atoms with Crippen LogP contribution in [0.2, 0.25) is 0 Å². The highest BCUT2D eigenvalue weighted by Gasteiger charge is 2.32. The Morgan fingerprint density at radius 1 is 1.07 bits per heavy atom. The van der Waals surface area contributed by atoms with E-state index in [4.69, 9.17) is 4.74 Å². The summed E-state index contributed by atoms with van der Waals surface area (Å²) < 4.78 is 34.7. The fourth-order valence-electron chi connectivity index (χ4n) is 4.23.